The van der Waals surface area contributed by atoms with Crippen molar-refractivity contribution in [3.05, 3.63) is 107 Å². The van der Waals surface area contributed by atoms with Crippen molar-refractivity contribution in [2.24, 2.45) is 0 Å². The Balaban J connectivity index is 1.74. The number of carbonyl (C=O) groups is 2. The van der Waals surface area contributed by atoms with Crippen LogP contribution in [0.5, 0.6) is 0 Å². The Bertz CT molecular complexity index is 1780. The molecular formula is C34H34N2O4. The second-order valence-corrected chi connectivity index (χ2v) is 10.9. The molecule has 5 rings (SSSR count). The number of aromatic amines is 2. The number of ketones is 2. The van der Waals surface area contributed by atoms with E-state index in [-0.39, 0.29) is 22.7 Å². The zero-order valence-corrected chi connectivity index (χ0v) is 23.8. The fourth-order valence-electron chi connectivity index (χ4n) is 5.35. The highest BCUT2D eigenvalue weighted by molar-refractivity contribution is 6.47. The Hall–Kier alpha value is -4.58. The van der Waals surface area contributed by atoms with E-state index in [1.807, 2.05) is 62.4 Å². The quantitative estimate of drug-likeness (QED) is 0.185. The third-order valence-electron chi connectivity index (χ3n) is 7.58. The number of allylic oxidation sites excluding steroid dienone is 5. The predicted molar refractivity (Wildman–Crippen MR) is 161 cm³/mol. The Morgan fingerprint density at radius 1 is 0.925 bits per heavy atom. The van der Waals surface area contributed by atoms with Crippen molar-refractivity contribution in [1.29, 1.82) is 0 Å². The van der Waals surface area contributed by atoms with E-state index >= 15 is 0 Å². The molecule has 1 aliphatic carbocycles. The molecule has 0 saturated heterocycles. The second-order valence-electron chi connectivity index (χ2n) is 10.9. The molecule has 0 saturated carbocycles. The largest absolute Gasteiger partial charge is 0.492 e. The van der Waals surface area contributed by atoms with E-state index < -0.39 is 17.0 Å². The number of aromatic nitrogens is 2. The summed E-state index contributed by atoms with van der Waals surface area (Å²) in [6.45, 7) is 12.1. The molecule has 2 aromatic heterocycles. The fraction of sp³-hybridized carbons (Fsp3) is 0.235. The Labute approximate surface area is 234 Å². The summed E-state index contributed by atoms with van der Waals surface area (Å²) in [6.07, 6.45) is 4.73. The molecule has 0 spiro atoms. The van der Waals surface area contributed by atoms with E-state index in [2.05, 4.69) is 42.5 Å². The van der Waals surface area contributed by atoms with Crippen LogP contribution < -0.4 is 0 Å². The number of benzene rings is 2. The summed E-state index contributed by atoms with van der Waals surface area (Å²) in [7, 11) is 2.84. The average Bonchev–Trinajstić information content (AvgIpc) is 3.55. The maximum atomic E-state index is 14.3. The topological polar surface area (TPSA) is 84.2 Å². The lowest BCUT2D eigenvalue weighted by atomic mass is 9.80. The van der Waals surface area contributed by atoms with Gasteiger partial charge in [-0.1, -0.05) is 68.0 Å². The van der Waals surface area contributed by atoms with E-state index in [9.17, 15) is 9.59 Å². The van der Waals surface area contributed by atoms with Gasteiger partial charge in [0.1, 0.15) is 0 Å². The molecule has 204 valence electrons. The SMILES string of the molecule is C=CC(C)(C)c1[nH]c2ccccc2c1C1=C(OC)C(=O)C(c2cc3cccc(CC=C(C)C)c3[nH]2)=C(OC)C1=O. The van der Waals surface area contributed by atoms with Gasteiger partial charge in [0.15, 0.2) is 11.5 Å². The molecule has 6 heteroatoms. The minimum Gasteiger partial charge on any atom is -0.492 e. The van der Waals surface area contributed by atoms with E-state index in [0.717, 1.165) is 39.5 Å². The van der Waals surface area contributed by atoms with Crippen molar-refractivity contribution in [2.45, 2.75) is 39.5 Å². The number of nitrogens with one attached hydrogen (secondary N) is 2. The summed E-state index contributed by atoms with van der Waals surface area (Å²) in [4.78, 5) is 35.3. The van der Waals surface area contributed by atoms with Crippen molar-refractivity contribution >= 4 is 44.5 Å². The van der Waals surface area contributed by atoms with Crippen LogP contribution in [0.4, 0.5) is 0 Å². The number of fused-ring (bicyclic) bond motifs is 2. The molecule has 40 heavy (non-hydrogen) atoms. The molecule has 2 aromatic carbocycles. The van der Waals surface area contributed by atoms with Crippen molar-refractivity contribution < 1.29 is 19.1 Å². The summed E-state index contributed by atoms with van der Waals surface area (Å²) in [5.41, 5.74) is 5.77. The smallest absolute Gasteiger partial charge is 0.234 e. The normalized spacial score (nSPS) is 14.3. The van der Waals surface area contributed by atoms with Crippen LogP contribution >= 0.6 is 0 Å². The maximum absolute atomic E-state index is 14.3. The van der Waals surface area contributed by atoms with E-state index in [1.165, 1.54) is 19.8 Å². The third-order valence-corrected chi connectivity index (χ3v) is 7.58. The molecule has 0 bridgehead atoms. The number of Topliss-reactive ketones (excluding diaryl/α,β-unsaturated/α-hetero) is 2. The molecule has 0 amide bonds. The highest BCUT2D eigenvalue weighted by atomic mass is 16.5. The predicted octanol–water partition coefficient (Wildman–Crippen LogP) is 7.19. The number of H-pyrrole nitrogens is 2. The molecule has 0 radical (unpaired) electrons. The van der Waals surface area contributed by atoms with Crippen LogP contribution in [0.3, 0.4) is 0 Å². The maximum Gasteiger partial charge on any atom is 0.234 e. The molecule has 0 atom stereocenters. The van der Waals surface area contributed by atoms with Gasteiger partial charge in [-0.3, -0.25) is 9.59 Å². The molecule has 4 aromatic rings. The Kier molecular flexibility index (Phi) is 6.88. The van der Waals surface area contributed by atoms with E-state index in [4.69, 9.17) is 9.47 Å². The zero-order valence-electron chi connectivity index (χ0n) is 23.8. The van der Waals surface area contributed by atoms with Crippen molar-refractivity contribution in [3.63, 3.8) is 0 Å². The second kappa shape index (κ2) is 10.2. The van der Waals surface area contributed by atoms with Gasteiger partial charge in [-0.15, -0.1) is 6.58 Å². The van der Waals surface area contributed by atoms with Crippen LogP contribution in [0, 0.1) is 0 Å². The molecule has 2 heterocycles. The van der Waals surface area contributed by atoms with Crippen molar-refractivity contribution in [1.82, 2.24) is 9.97 Å². The Morgan fingerprint density at radius 2 is 1.60 bits per heavy atom. The van der Waals surface area contributed by atoms with Crippen LogP contribution in [0.2, 0.25) is 0 Å². The lowest BCUT2D eigenvalue weighted by Gasteiger charge is -2.25. The number of para-hydroxylation sites is 2. The van der Waals surface area contributed by atoms with Crippen molar-refractivity contribution in [3.8, 4) is 0 Å². The first-order valence-corrected chi connectivity index (χ1v) is 13.3. The van der Waals surface area contributed by atoms with Gasteiger partial charge in [-0.25, -0.2) is 0 Å². The number of hydrogen-bond donors (Lipinski definition) is 2. The summed E-state index contributed by atoms with van der Waals surface area (Å²) >= 11 is 0. The average molecular weight is 535 g/mol. The molecular weight excluding hydrogens is 500 g/mol. The number of rotatable bonds is 8. The first-order valence-electron chi connectivity index (χ1n) is 13.3. The van der Waals surface area contributed by atoms with Gasteiger partial charge < -0.3 is 19.4 Å². The van der Waals surface area contributed by atoms with Crippen LogP contribution in [-0.4, -0.2) is 35.8 Å². The molecule has 6 nitrogen and oxygen atoms in total. The first kappa shape index (κ1) is 27.0. The molecule has 1 aliphatic rings. The number of hydrogen-bond acceptors (Lipinski definition) is 4. The van der Waals surface area contributed by atoms with Crippen LogP contribution in [0.25, 0.3) is 33.0 Å². The summed E-state index contributed by atoms with van der Waals surface area (Å²) in [5, 5.41) is 1.75. The van der Waals surface area contributed by atoms with E-state index in [1.54, 1.807) is 0 Å². The minimum absolute atomic E-state index is 0.0184. The van der Waals surface area contributed by atoms with Gasteiger partial charge in [0.25, 0.3) is 0 Å². The monoisotopic (exact) mass is 534 g/mol. The Morgan fingerprint density at radius 3 is 2.27 bits per heavy atom. The highest BCUT2D eigenvalue weighted by Gasteiger charge is 2.41. The molecule has 0 fully saturated rings. The van der Waals surface area contributed by atoms with E-state index in [0.29, 0.717) is 11.3 Å². The van der Waals surface area contributed by atoms with Gasteiger partial charge in [0, 0.05) is 38.5 Å². The number of methoxy groups -OCH3 is 2. The molecule has 2 N–H and O–H groups in total. The minimum atomic E-state index is -0.528. The fourth-order valence-corrected chi connectivity index (χ4v) is 5.35. The van der Waals surface area contributed by atoms with Gasteiger partial charge in [0.05, 0.1) is 31.1 Å². The lowest BCUT2D eigenvalue weighted by Crippen LogP contribution is -2.26. The molecule has 0 unspecified atom stereocenters. The van der Waals surface area contributed by atoms with Crippen LogP contribution in [0.1, 0.15) is 50.2 Å². The van der Waals surface area contributed by atoms with Crippen LogP contribution in [0.15, 0.2) is 84.4 Å². The summed E-state index contributed by atoms with van der Waals surface area (Å²) < 4.78 is 11.4. The van der Waals surface area contributed by atoms with Gasteiger partial charge in [0.2, 0.25) is 11.6 Å². The van der Waals surface area contributed by atoms with Gasteiger partial charge >= 0.3 is 0 Å². The third kappa shape index (κ3) is 4.30. The van der Waals surface area contributed by atoms with Gasteiger partial charge in [-0.05, 0) is 38.0 Å². The number of carbonyl (C=O) groups excluding carboxylic acids is 2. The highest BCUT2D eigenvalue weighted by Crippen LogP contribution is 2.43. The summed E-state index contributed by atoms with van der Waals surface area (Å²) in [5.74, 6) is -0.872. The van der Waals surface area contributed by atoms with Crippen molar-refractivity contribution in [2.75, 3.05) is 14.2 Å². The van der Waals surface area contributed by atoms with Crippen LogP contribution in [-0.2, 0) is 30.9 Å². The summed E-state index contributed by atoms with van der Waals surface area (Å²) in [6, 6.07) is 15.6. The zero-order chi connectivity index (χ0) is 28.8. The molecule has 0 aliphatic heterocycles. The van der Waals surface area contributed by atoms with Gasteiger partial charge in [-0.2, -0.15) is 0 Å². The standard InChI is InChI=1S/C34H34N2O4/c1-8-34(4,5)33-25(22-14-9-10-15-23(22)36-33)27-30(38)31(39-6)26(29(37)32(27)40-7)24-18-21-13-11-12-20(28(21)35-24)17-16-19(2)3/h8-16,18,35-36H,1,17H2,2-7H3. The first-order chi connectivity index (χ1) is 19.1. The lowest BCUT2D eigenvalue weighted by molar-refractivity contribution is -0.117. The number of ether oxygens (including phenoxy) is 2.